The van der Waals surface area contributed by atoms with E-state index in [1.54, 1.807) is 0 Å². The fraction of sp³-hybridized carbons (Fsp3) is 0.640. The Morgan fingerprint density at radius 3 is 2.48 bits per heavy atom. The van der Waals surface area contributed by atoms with Crippen LogP contribution in [-0.4, -0.2) is 23.1 Å². The Hall–Kier alpha value is -1.97. The first kappa shape index (κ1) is 20.3. The zero-order valence-corrected chi connectivity index (χ0v) is 18.3. The van der Waals surface area contributed by atoms with Crippen molar-refractivity contribution in [2.45, 2.75) is 72.3 Å². The Labute approximate surface area is 173 Å². The number of carbonyl (C=O) groups excluding carboxylic acids is 3. The predicted molar refractivity (Wildman–Crippen MR) is 111 cm³/mol. The molecule has 0 bridgehead atoms. The third-order valence-corrected chi connectivity index (χ3v) is 8.78. The molecule has 0 aromatic rings. The molecule has 3 unspecified atom stereocenters. The Bertz CT molecular complexity index is 892. The number of ketones is 2. The summed E-state index contributed by atoms with van der Waals surface area (Å²) in [6.45, 7) is 13.7. The van der Waals surface area contributed by atoms with Crippen LogP contribution >= 0.6 is 0 Å². The number of hydrogen-bond acceptors (Lipinski definition) is 4. The number of allylic oxidation sites excluding steroid dienone is 4. The van der Waals surface area contributed by atoms with Gasteiger partial charge in [0.15, 0.2) is 17.2 Å². The molecule has 0 spiro atoms. The van der Waals surface area contributed by atoms with Crippen LogP contribution in [0.2, 0.25) is 0 Å². The molecule has 29 heavy (non-hydrogen) atoms. The highest BCUT2D eigenvalue weighted by Gasteiger charge is 2.69. The Kier molecular flexibility index (Phi) is 4.39. The van der Waals surface area contributed by atoms with Gasteiger partial charge in [-0.25, -0.2) is 0 Å². The predicted octanol–water partition coefficient (Wildman–Crippen LogP) is 4.74. The van der Waals surface area contributed by atoms with Crippen molar-refractivity contribution in [2.75, 3.05) is 0 Å². The van der Waals surface area contributed by atoms with Crippen LogP contribution in [0.4, 0.5) is 0 Å². The first-order valence-corrected chi connectivity index (χ1v) is 10.8. The highest BCUT2D eigenvalue weighted by Crippen LogP contribution is 2.68. The third kappa shape index (κ3) is 2.47. The number of Topliss-reactive ketones (excluding diaryl/α,β-unsaturated/α-hetero) is 1. The van der Waals surface area contributed by atoms with Gasteiger partial charge >= 0.3 is 5.97 Å². The summed E-state index contributed by atoms with van der Waals surface area (Å²) in [5.74, 6) is 0.595. The maximum atomic E-state index is 12.9. The van der Waals surface area contributed by atoms with E-state index < -0.39 is 17.0 Å². The van der Waals surface area contributed by atoms with Gasteiger partial charge in [0.05, 0.1) is 0 Å². The first-order valence-electron chi connectivity index (χ1n) is 10.8. The maximum Gasteiger partial charge on any atom is 0.303 e. The smallest absolute Gasteiger partial charge is 0.303 e. The highest BCUT2D eigenvalue weighted by atomic mass is 16.6. The van der Waals surface area contributed by atoms with E-state index in [4.69, 9.17) is 4.74 Å². The van der Waals surface area contributed by atoms with E-state index in [9.17, 15) is 14.4 Å². The van der Waals surface area contributed by atoms with E-state index in [-0.39, 0.29) is 28.8 Å². The SMILES string of the molecule is C=C1CC2C3C=C(C)C4=CC(=O)CC[C@]4(C)C3CC[C@]2(C)[C@@]1(OC(C)=O)C(C)=O. The van der Waals surface area contributed by atoms with E-state index in [1.165, 1.54) is 25.0 Å². The normalized spacial score (nSPS) is 43.6. The second kappa shape index (κ2) is 6.26. The van der Waals surface area contributed by atoms with Crippen LogP contribution in [-0.2, 0) is 19.1 Å². The average molecular weight is 397 g/mol. The molecule has 0 N–H and O–H groups in total. The minimum absolute atomic E-state index is 0.0109. The summed E-state index contributed by atoms with van der Waals surface area (Å²) >= 11 is 0. The van der Waals surface area contributed by atoms with Crippen molar-refractivity contribution in [1.82, 2.24) is 0 Å². The molecular formula is C25H32O4. The van der Waals surface area contributed by atoms with E-state index in [0.29, 0.717) is 18.8 Å². The van der Waals surface area contributed by atoms with Crippen molar-refractivity contribution in [3.05, 3.63) is 35.5 Å². The molecule has 4 rings (SSSR count). The first-order chi connectivity index (χ1) is 13.5. The molecule has 0 aromatic heterocycles. The minimum atomic E-state index is -1.23. The zero-order valence-electron chi connectivity index (χ0n) is 18.3. The van der Waals surface area contributed by atoms with Gasteiger partial charge in [-0.3, -0.25) is 14.4 Å². The topological polar surface area (TPSA) is 60.4 Å². The van der Waals surface area contributed by atoms with Gasteiger partial charge in [0.2, 0.25) is 0 Å². The maximum absolute atomic E-state index is 12.9. The Morgan fingerprint density at radius 1 is 1.17 bits per heavy atom. The van der Waals surface area contributed by atoms with Crippen LogP contribution < -0.4 is 0 Å². The summed E-state index contributed by atoms with van der Waals surface area (Å²) in [6, 6.07) is 0. The van der Waals surface area contributed by atoms with Crippen molar-refractivity contribution in [3.8, 4) is 0 Å². The van der Waals surface area contributed by atoms with Crippen molar-refractivity contribution >= 4 is 17.5 Å². The lowest BCUT2D eigenvalue weighted by atomic mass is 9.47. The van der Waals surface area contributed by atoms with Crippen molar-refractivity contribution < 1.29 is 19.1 Å². The quantitative estimate of drug-likeness (QED) is 0.500. The Balaban J connectivity index is 1.84. The molecule has 0 amide bonds. The summed E-state index contributed by atoms with van der Waals surface area (Å²) in [5.41, 5.74) is 1.43. The van der Waals surface area contributed by atoms with E-state index in [0.717, 1.165) is 24.8 Å². The lowest BCUT2D eigenvalue weighted by molar-refractivity contribution is -0.179. The fourth-order valence-corrected chi connectivity index (χ4v) is 7.50. The van der Waals surface area contributed by atoms with Gasteiger partial charge in [0.1, 0.15) is 0 Å². The van der Waals surface area contributed by atoms with Gasteiger partial charge in [-0.1, -0.05) is 32.1 Å². The van der Waals surface area contributed by atoms with Crippen molar-refractivity contribution in [2.24, 2.45) is 28.6 Å². The number of ether oxygens (including phenoxy) is 1. The summed E-state index contributed by atoms with van der Waals surface area (Å²) in [4.78, 5) is 37.0. The number of fused-ring (bicyclic) bond motifs is 5. The van der Waals surface area contributed by atoms with E-state index in [2.05, 4.69) is 33.4 Å². The van der Waals surface area contributed by atoms with Gasteiger partial charge < -0.3 is 4.74 Å². The van der Waals surface area contributed by atoms with E-state index in [1.807, 2.05) is 6.08 Å². The standard InChI is InChI=1S/C25H32O4/c1-14-11-19-20(23(5)9-7-18(28)13-21(14)23)8-10-24(6)22(19)12-15(2)25(24,16(3)26)29-17(4)27/h11,13,19-20,22H,2,7-10,12H2,1,3-6H3/t19?,20?,22?,23-,24+,25+/m1/s1. The van der Waals surface area contributed by atoms with Crippen molar-refractivity contribution in [1.29, 1.82) is 0 Å². The largest absolute Gasteiger partial charge is 0.446 e. The number of hydrogen-bond donors (Lipinski definition) is 0. The molecule has 156 valence electrons. The molecule has 0 radical (unpaired) electrons. The van der Waals surface area contributed by atoms with Crippen LogP contribution in [0.1, 0.15) is 66.7 Å². The number of carbonyl (C=O) groups is 3. The lowest BCUT2D eigenvalue weighted by Gasteiger charge is -2.57. The molecule has 6 atom stereocenters. The van der Waals surface area contributed by atoms with Gasteiger partial charge in [0.25, 0.3) is 0 Å². The number of rotatable bonds is 2. The molecule has 4 aliphatic rings. The molecule has 0 aromatic carbocycles. The molecular weight excluding hydrogens is 364 g/mol. The molecule has 2 saturated carbocycles. The van der Waals surface area contributed by atoms with Crippen LogP contribution in [0.15, 0.2) is 35.5 Å². The van der Waals surface area contributed by atoms with Gasteiger partial charge in [-0.2, -0.15) is 0 Å². The molecule has 4 aliphatic carbocycles. The molecule has 0 saturated heterocycles. The summed E-state index contributed by atoms with van der Waals surface area (Å²) < 4.78 is 5.83. The Morgan fingerprint density at radius 2 is 1.86 bits per heavy atom. The molecule has 2 fully saturated rings. The average Bonchev–Trinajstić information content (AvgIpc) is 2.85. The highest BCUT2D eigenvalue weighted by molar-refractivity contribution is 5.93. The van der Waals surface area contributed by atoms with Gasteiger partial charge in [-0.05, 0) is 79.9 Å². The second-order valence-electron chi connectivity index (χ2n) is 10.2. The minimum Gasteiger partial charge on any atom is -0.446 e. The van der Waals surface area contributed by atoms with Crippen LogP contribution in [0.25, 0.3) is 0 Å². The summed E-state index contributed by atoms with van der Waals surface area (Å²) in [5, 5.41) is 0. The third-order valence-electron chi connectivity index (χ3n) is 8.78. The molecule has 4 heteroatoms. The second-order valence-corrected chi connectivity index (χ2v) is 10.2. The van der Waals surface area contributed by atoms with Gasteiger partial charge in [0, 0.05) is 18.8 Å². The summed E-state index contributed by atoms with van der Waals surface area (Å²) in [7, 11) is 0. The fourth-order valence-electron chi connectivity index (χ4n) is 7.50. The molecule has 0 aliphatic heterocycles. The van der Waals surface area contributed by atoms with Crippen LogP contribution in [0.5, 0.6) is 0 Å². The van der Waals surface area contributed by atoms with Crippen molar-refractivity contribution in [3.63, 3.8) is 0 Å². The van der Waals surface area contributed by atoms with Crippen LogP contribution in [0.3, 0.4) is 0 Å². The van der Waals surface area contributed by atoms with Gasteiger partial charge in [-0.15, -0.1) is 0 Å². The van der Waals surface area contributed by atoms with Crippen LogP contribution in [0, 0.1) is 28.6 Å². The molecule has 0 heterocycles. The van der Waals surface area contributed by atoms with E-state index >= 15 is 0 Å². The monoisotopic (exact) mass is 396 g/mol. The summed E-state index contributed by atoms with van der Waals surface area (Å²) in [6.07, 6.45) is 8.15. The molecule has 4 nitrogen and oxygen atoms in total. The zero-order chi connectivity index (χ0) is 21.4. The number of esters is 1. The lowest BCUT2D eigenvalue weighted by Crippen LogP contribution is -2.58.